The Morgan fingerprint density at radius 2 is 2.21 bits per heavy atom. The van der Waals surface area contributed by atoms with E-state index in [1.165, 1.54) is 6.42 Å². The van der Waals surface area contributed by atoms with Gasteiger partial charge in [-0.25, -0.2) is 0 Å². The van der Waals surface area contributed by atoms with Crippen molar-refractivity contribution >= 4 is 0 Å². The summed E-state index contributed by atoms with van der Waals surface area (Å²) < 4.78 is 0. The third-order valence-corrected chi connectivity index (χ3v) is 3.74. The van der Waals surface area contributed by atoms with Crippen molar-refractivity contribution in [2.75, 3.05) is 0 Å². The van der Waals surface area contributed by atoms with Crippen LogP contribution < -0.4 is 0 Å². The van der Waals surface area contributed by atoms with Crippen molar-refractivity contribution in [3.8, 4) is 0 Å². The first-order chi connectivity index (χ1) is 6.63. The van der Waals surface area contributed by atoms with E-state index < -0.39 is 5.54 Å². The molecule has 0 amide bonds. The number of nitrogens with zero attached hydrogens (tertiary/aromatic N) is 1. The van der Waals surface area contributed by atoms with E-state index in [1.54, 1.807) is 0 Å². The summed E-state index contributed by atoms with van der Waals surface area (Å²) in [4.78, 5) is 11.2. The second-order valence-electron chi connectivity index (χ2n) is 4.61. The van der Waals surface area contributed by atoms with Crippen LogP contribution in [0.1, 0.15) is 58.8 Å². The second-order valence-corrected chi connectivity index (χ2v) is 4.61. The first-order valence-electron chi connectivity index (χ1n) is 5.78. The van der Waals surface area contributed by atoms with Crippen molar-refractivity contribution in [2.24, 2.45) is 5.92 Å². The SMILES string of the molecule is CCCCC1([N+](=O)[O-])CCCCC1C. The van der Waals surface area contributed by atoms with Crippen LogP contribution in [0.15, 0.2) is 0 Å². The lowest BCUT2D eigenvalue weighted by atomic mass is 9.71. The highest BCUT2D eigenvalue weighted by Crippen LogP contribution is 2.39. The molecule has 1 aliphatic carbocycles. The van der Waals surface area contributed by atoms with E-state index in [1.807, 2.05) is 0 Å². The third kappa shape index (κ3) is 2.07. The maximum absolute atomic E-state index is 11.2. The summed E-state index contributed by atoms with van der Waals surface area (Å²) in [6, 6.07) is 0. The molecular weight excluding hydrogens is 178 g/mol. The highest BCUT2D eigenvalue weighted by molar-refractivity contribution is 4.88. The van der Waals surface area contributed by atoms with Crippen LogP contribution in [-0.4, -0.2) is 10.5 Å². The lowest BCUT2D eigenvalue weighted by Gasteiger charge is -2.34. The van der Waals surface area contributed by atoms with E-state index in [0.29, 0.717) is 0 Å². The molecule has 2 atom stereocenters. The number of nitro groups is 1. The van der Waals surface area contributed by atoms with Gasteiger partial charge in [-0.3, -0.25) is 10.1 Å². The summed E-state index contributed by atoms with van der Waals surface area (Å²) in [6.45, 7) is 4.15. The first kappa shape index (κ1) is 11.5. The Kier molecular flexibility index (Phi) is 3.90. The van der Waals surface area contributed by atoms with Gasteiger partial charge in [0.2, 0.25) is 5.54 Å². The fraction of sp³-hybridized carbons (Fsp3) is 1.00. The van der Waals surface area contributed by atoms with Gasteiger partial charge in [0.1, 0.15) is 0 Å². The molecule has 0 heterocycles. The maximum atomic E-state index is 11.2. The van der Waals surface area contributed by atoms with Gasteiger partial charge in [0.25, 0.3) is 0 Å². The zero-order chi connectivity index (χ0) is 10.6. The summed E-state index contributed by atoms with van der Waals surface area (Å²) in [5, 5.41) is 11.2. The van der Waals surface area contributed by atoms with Crippen LogP contribution >= 0.6 is 0 Å². The van der Waals surface area contributed by atoms with Crippen molar-refractivity contribution in [1.29, 1.82) is 0 Å². The summed E-state index contributed by atoms with van der Waals surface area (Å²) in [7, 11) is 0. The van der Waals surface area contributed by atoms with Crippen LogP contribution in [0.3, 0.4) is 0 Å². The van der Waals surface area contributed by atoms with E-state index in [2.05, 4.69) is 13.8 Å². The van der Waals surface area contributed by atoms with Gasteiger partial charge in [0.05, 0.1) is 0 Å². The highest BCUT2D eigenvalue weighted by Gasteiger charge is 2.48. The monoisotopic (exact) mass is 199 g/mol. The molecule has 0 bridgehead atoms. The average Bonchev–Trinajstić information content (AvgIpc) is 2.16. The van der Waals surface area contributed by atoms with Crippen molar-refractivity contribution in [3.63, 3.8) is 0 Å². The quantitative estimate of drug-likeness (QED) is 0.514. The lowest BCUT2D eigenvalue weighted by Crippen LogP contribution is -2.46. The predicted molar refractivity (Wildman–Crippen MR) is 56.9 cm³/mol. The standard InChI is InChI=1S/C11H21NO2/c1-3-4-8-11(12(13)14)9-6-5-7-10(11)2/h10H,3-9H2,1-2H3. The molecule has 0 aromatic rings. The Bertz CT molecular complexity index is 205. The van der Waals surface area contributed by atoms with Gasteiger partial charge in [0, 0.05) is 23.7 Å². The Labute approximate surface area is 86.0 Å². The molecule has 2 unspecified atom stereocenters. The van der Waals surface area contributed by atoms with E-state index in [-0.39, 0.29) is 10.8 Å². The predicted octanol–water partition coefficient (Wildman–Crippen LogP) is 3.40. The maximum Gasteiger partial charge on any atom is 0.224 e. The Balaban J connectivity index is 2.72. The molecule has 0 N–H and O–H groups in total. The molecule has 0 radical (unpaired) electrons. The van der Waals surface area contributed by atoms with Crippen LogP contribution in [0, 0.1) is 16.0 Å². The molecule has 0 spiro atoms. The van der Waals surface area contributed by atoms with Crippen molar-refractivity contribution in [3.05, 3.63) is 10.1 Å². The van der Waals surface area contributed by atoms with Crippen LogP contribution in [-0.2, 0) is 0 Å². The normalized spacial score (nSPS) is 32.9. The fourth-order valence-corrected chi connectivity index (χ4v) is 2.61. The van der Waals surface area contributed by atoms with Gasteiger partial charge in [0.15, 0.2) is 0 Å². The van der Waals surface area contributed by atoms with Crippen LogP contribution in [0.5, 0.6) is 0 Å². The van der Waals surface area contributed by atoms with E-state index in [4.69, 9.17) is 0 Å². The largest absolute Gasteiger partial charge is 0.264 e. The molecule has 1 rings (SSSR count). The summed E-state index contributed by atoms with van der Waals surface area (Å²) in [6.07, 6.45) is 6.86. The smallest absolute Gasteiger partial charge is 0.224 e. The van der Waals surface area contributed by atoms with Gasteiger partial charge >= 0.3 is 0 Å². The lowest BCUT2D eigenvalue weighted by molar-refractivity contribution is -0.586. The summed E-state index contributed by atoms with van der Waals surface area (Å²) in [5.74, 6) is 0.262. The van der Waals surface area contributed by atoms with Crippen molar-refractivity contribution in [1.82, 2.24) is 0 Å². The Morgan fingerprint density at radius 1 is 1.50 bits per heavy atom. The molecule has 0 aliphatic heterocycles. The molecule has 1 fully saturated rings. The topological polar surface area (TPSA) is 43.1 Å². The van der Waals surface area contributed by atoms with Gasteiger partial charge in [-0.05, 0) is 19.3 Å². The zero-order valence-corrected chi connectivity index (χ0v) is 9.29. The Morgan fingerprint density at radius 3 is 2.71 bits per heavy atom. The van der Waals surface area contributed by atoms with Crippen molar-refractivity contribution in [2.45, 2.75) is 64.3 Å². The highest BCUT2D eigenvalue weighted by atomic mass is 16.6. The molecule has 14 heavy (non-hydrogen) atoms. The second kappa shape index (κ2) is 4.76. The first-order valence-corrected chi connectivity index (χ1v) is 5.78. The minimum atomic E-state index is -0.589. The molecule has 3 nitrogen and oxygen atoms in total. The van der Waals surface area contributed by atoms with Crippen LogP contribution in [0.2, 0.25) is 0 Å². The van der Waals surface area contributed by atoms with Gasteiger partial charge in [-0.2, -0.15) is 0 Å². The molecule has 3 heteroatoms. The molecular formula is C11H21NO2. The number of hydrogen-bond acceptors (Lipinski definition) is 2. The minimum Gasteiger partial charge on any atom is -0.264 e. The molecule has 1 aliphatic rings. The van der Waals surface area contributed by atoms with Gasteiger partial charge < -0.3 is 0 Å². The number of hydrogen-bond donors (Lipinski definition) is 0. The van der Waals surface area contributed by atoms with Gasteiger partial charge in [-0.15, -0.1) is 0 Å². The van der Waals surface area contributed by atoms with Crippen LogP contribution in [0.25, 0.3) is 0 Å². The van der Waals surface area contributed by atoms with E-state index in [0.717, 1.165) is 38.5 Å². The molecule has 0 saturated heterocycles. The number of rotatable bonds is 4. The molecule has 0 aromatic carbocycles. The minimum absolute atomic E-state index is 0.00644. The Hall–Kier alpha value is -0.600. The van der Waals surface area contributed by atoms with E-state index in [9.17, 15) is 10.1 Å². The molecule has 82 valence electrons. The third-order valence-electron chi connectivity index (χ3n) is 3.74. The molecule has 0 aromatic heterocycles. The summed E-state index contributed by atoms with van der Waals surface area (Å²) >= 11 is 0. The van der Waals surface area contributed by atoms with Crippen LogP contribution in [0.4, 0.5) is 0 Å². The molecule has 1 saturated carbocycles. The van der Waals surface area contributed by atoms with Crippen molar-refractivity contribution < 1.29 is 4.92 Å². The summed E-state index contributed by atoms with van der Waals surface area (Å²) in [5.41, 5.74) is -0.589. The van der Waals surface area contributed by atoms with E-state index >= 15 is 0 Å². The van der Waals surface area contributed by atoms with Gasteiger partial charge in [-0.1, -0.05) is 26.7 Å². The number of unbranched alkanes of at least 4 members (excludes halogenated alkanes) is 1. The zero-order valence-electron chi connectivity index (χ0n) is 9.29. The fourth-order valence-electron chi connectivity index (χ4n) is 2.61. The average molecular weight is 199 g/mol.